The van der Waals surface area contributed by atoms with Crippen LogP contribution in [-0.4, -0.2) is 0 Å². The van der Waals surface area contributed by atoms with E-state index in [1.165, 1.54) is 92.6 Å². The van der Waals surface area contributed by atoms with Crippen LogP contribution in [-0.2, 0) is 10.8 Å². The largest absolute Gasteiger partial charge is 0.310 e. The number of benzene rings is 9. The molecule has 1 aromatic heterocycles. The molecule has 2 aliphatic carbocycles. The SMILES string of the molecule is CC1(C)c2ccccc2-c2ccc(N(c3cccc(-c4ccc5sc6ccccc6c5c4)c3)c3cccc4c3-c3ccccc3C4(c3ccccc3)c3ccccc3)cc21. The molecule has 0 saturated carbocycles. The highest BCUT2D eigenvalue weighted by Crippen LogP contribution is 2.60. The number of hydrogen-bond acceptors (Lipinski definition) is 2. The fraction of sp³-hybridized carbons (Fsp3) is 0.0690. The molecule has 0 saturated heterocycles. The molecule has 60 heavy (non-hydrogen) atoms. The van der Waals surface area contributed by atoms with Gasteiger partial charge in [-0.05, 0) is 110 Å². The number of thiophene rings is 1. The number of rotatable bonds is 6. The molecule has 284 valence electrons. The topological polar surface area (TPSA) is 3.24 Å². The van der Waals surface area contributed by atoms with Crippen LogP contribution in [0.3, 0.4) is 0 Å². The first-order chi connectivity index (χ1) is 29.5. The standard InChI is InChI=1S/C58H41NS/c1-57(2)49-26-12-9-23-44(49)45-33-32-43(37-52(45)57)59(42-22-15-17-38(35-42)39-31-34-55-48(36-39)46-24-11-14-30-54(46)60-55)53-29-16-28-51-56(53)47-25-10-13-27-50(47)58(51,40-18-5-3-6-19-40)41-20-7-4-8-21-41/h3-37H,1-2H3. The van der Waals surface area contributed by atoms with Crippen molar-refractivity contribution in [2.45, 2.75) is 24.7 Å². The van der Waals surface area contributed by atoms with Crippen LogP contribution in [0.15, 0.2) is 212 Å². The maximum absolute atomic E-state index is 2.53. The fourth-order valence-electron chi connectivity index (χ4n) is 10.6. The molecular formula is C58H41NS. The Morgan fingerprint density at radius 3 is 1.78 bits per heavy atom. The Hall–Kier alpha value is -7.00. The van der Waals surface area contributed by atoms with Gasteiger partial charge < -0.3 is 4.90 Å². The molecule has 10 aromatic rings. The van der Waals surface area contributed by atoms with Crippen LogP contribution in [0.2, 0.25) is 0 Å². The number of nitrogens with zero attached hydrogens (tertiary/aromatic N) is 1. The quantitative estimate of drug-likeness (QED) is 0.162. The van der Waals surface area contributed by atoms with Gasteiger partial charge >= 0.3 is 0 Å². The summed E-state index contributed by atoms with van der Waals surface area (Å²) in [6, 6.07) is 79.3. The maximum Gasteiger partial charge on any atom is 0.0714 e. The summed E-state index contributed by atoms with van der Waals surface area (Å²) in [5, 5.41) is 2.63. The first-order valence-electron chi connectivity index (χ1n) is 20.9. The van der Waals surface area contributed by atoms with E-state index in [1.54, 1.807) is 0 Å². The number of hydrogen-bond donors (Lipinski definition) is 0. The van der Waals surface area contributed by atoms with E-state index in [-0.39, 0.29) is 5.41 Å². The Morgan fingerprint density at radius 2 is 0.983 bits per heavy atom. The number of anilines is 3. The molecular weight excluding hydrogens is 743 g/mol. The molecule has 1 nitrogen and oxygen atoms in total. The van der Waals surface area contributed by atoms with E-state index >= 15 is 0 Å². The summed E-state index contributed by atoms with van der Waals surface area (Å²) in [7, 11) is 0. The molecule has 0 bridgehead atoms. The third-order valence-corrected chi connectivity index (χ3v) is 14.5. The first-order valence-corrected chi connectivity index (χ1v) is 21.7. The first kappa shape index (κ1) is 35.0. The lowest BCUT2D eigenvalue weighted by Crippen LogP contribution is -2.28. The molecule has 2 heteroatoms. The molecule has 0 aliphatic heterocycles. The van der Waals surface area contributed by atoms with Crippen molar-refractivity contribution in [3.05, 3.63) is 246 Å². The average Bonchev–Trinajstić information content (AvgIpc) is 3.91. The predicted molar refractivity (Wildman–Crippen MR) is 254 cm³/mol. The van der Waals surface area contributed by atoms with Gasteiger partial charge in [0.15, 0.2) is 0 Å². The molecule has 0 N–H and O–H groups in total. The predicted octanol–water partition coefficient (Wildman–Crippen LogP) is 15.9. The molecule has 0 fully saturated rings. The van der Waals surface area contributed by atoms with E-state index in [0.717, 1.165) is 11.4 Å². The summed E-state index contributed by atoms with van der Waals surface area (Å²) in [6.07, 6.45) is 0. The van der Waals surface area contributed by atoms with Crippen LogP contribution in [0.1, 0.15) is 47.2 Å². The molecule has 0 spiro atoms. The van der Waals surface area contributed by atoms with Gasteiger partial charge in [-0.1, -0.05) is 178 Å². The van der Waals surface area contributed by atoms with E-state index in [9.17, 15) is 0 Å². The van der Waals surface area contributed by atoms with Crippen LogP contribution in [0.25, 0.3) is 53.6 Å². The fourth-order valence-corrected chi connectivity index (χ4v) is 11.7. The lowest BCUT2D eigenvalue weighted by Gasteiger charge is -2.34. The van der Waals surface area contributed by atoms with E-state index < -0.39 is 5.41 Å². The molecule has 12 rings (SSSR count). The molecule has 0 atom stereocenters. The number of fused-ring (bicyclic) bond motifs is 9. The molecule has 2 aliphatic rings. The monoisotopic (exact) mass is 783 g/mol. The van der Waals surface area contributed by atoms with Gasteiger partial charge in [-0.2, -0.15) is 0 Å². The molecule has 0 amide bonds. The summed E-state index contributed by atoms with van der Waals surface area (Å²) in [6.45, 7) is 4.75. The van der Waals surface area contributed by atoms with E-state index in [2.05, 4.69) is 231 Å². The Bertz CT molecular complexity index is 3260. The highest BCUT2D eigenvalue weighted by molar-refractivity contribution is 7.25. The molecule has 9 aromatic carbocycles. The summed E-state index contributed by atoms with van der Waals surface area (Å²) < 4.78 is 2.64. The Kier molecular flexibility index (Phi) is 7.73. The summed E-state index contributed by atoms with van der Waals surface area (Å²) >= 11 is 1.87. The van der Waals surface area contributed by atoms with Crippen molar-refractivity contribution in [1.82, 2.24) is 0 Å². The summed E-state index contributed by atoms with van der Waals surface area (Å²) in [5.74, 6) is 0. The van der Waals surface area contributed by atoms with Gasteiger partial charge in [-0.3, -0.25) is 0 Å². The van der Waals surface area contributed by atoms with Gasteiger partial charge in [-0.15, -0.1) is 11.3 Å². The second-order valence-electron chi connectivity index (χ2n) is 16.8. The zero-order valence-electron chi connectivity index (χ0n) is 33.6. The second kappa shape index (κ2) is 13.3. The Balaban J connectivity index is 1.12. The van der Waals surface area contributed by atoms with Gasteiger partial charge in [0, 0.05) is 42.5 Å². The third kappa shape index (κ3) is 4.98. The van der Waals surface area contributed by atoms with Crippen molar-refractivity contribution in [3.8, 4) is 33.4 Å². The minimum Gasteiger partial charge on any atom is -0.310 e. The van der Waals surface area contributed by atoms with Crippen LogP contribution < -0.4 is 4.90 Å². The normalized spacial score (nSPS) is 14.1. The van der Waals surface area contributed by atoms with Gasteiger partial charge in [0.1, 0.15) is 0 Å². The minimum absolute atomic E-state index is 0.144. The van der Waals surface area contributed by atoms with E-state index in [1.807, 2.05) is 11.3 Å². The van der Waals surface area contributed by atoms with Gasteiger partial charge in [0.05, 0.1) is 11.1 Å². The van der Waals surface area contributed by atoms with Crippen LogP contribution in [0, 0.1) is 0 Å². The van der Waals surface area contributed by atoms with Crippen LogP contribution >= 0.6 is 11.3 Å². The smallest absolute Gasteiger partial charge is 0.0714 e. The van der Waals surface area contributed by atoms with Crippen molar-refractivity contribution >= 4 is 48.6 Å². The van der Waals surface area contributed by atoms with Gasteiger partial charge in [0.25, 0.3) is 0 Å². The minimum atomic E-state index is -0.502. The second-order valence-corrected chi connectivity index (χ2v) is 17.9. The van der Waals surface area contributed by atoms with Crippen molar-refractivity contribution in [2.75, 3.05) is 4.90 Å². The third-order valence-electron chi connectivity index (χ3n) is 13.3. The zero-order valence-corrected chi connectivity index (χ0v) is 34.4. The van der Waals surface area contributed by atoms with Crippen molar-refractivity contribution in [3.63, 3.8) is 0 Å². The van der Waals surface area contributed by atoms with Crippen molar-refractivity contribution < 1.29 is 0 Å². The van der Waals surface area contributed by atoms with Crippen LogP contribution in [0.4, 0.5) is 17.1 Å². The maximum atomic E-state index is 2.53. The summed E-state index contributed by atoms with van der Waals surface area (Å²) in [4.78, 5) is 2.53. The van der Waals surface area contributed by atoms with Gasteiger partial charge in [-0.25, -0.2) is 0 Å². The lowest BCUT2D eigenvalue weighted by molar-refractivity contribution is 0.660. The van der Waals surface area contributed by atoms with E-state index in [4.69, 9.17) is 0 Å². The Morgan fingerprint density at radius 1 is 0.383 bits per heavy atom. The molecule has 1 heterocycles. The average molecular weight is 784 g/mol. The lowest BCUT2D eigenvalue weighted by atomic mass is 9.68. The highest BCUT2D eigenvalue weighted by Gasteiger charge is 2.47. The van der Waals surface area contributed by atoms with Crippen molar-refractivity contribution in [1.29, 1.82) is 0 Å². The molecule has 0 radical (unpaired) electrons. The Labute approximate surface area is 355 Å². The van der Waals surface area contributed by atoms with Gasteiger partial charge in [0.2, 0.25) is 0 Å². The highest BCUT2D eigenvalue weighted by atomic mass is 32.1. The van der Waals surface area contributed by atoms with Crippen LogP contribution in [0.5, 0.6) is 0 Å². The van der Waals surface area contributed by atoms with Crippen molar-refractivity contribution in [2.24, 2.45) is 0 Å². The summed E-state index contributed by atoms with van der Waals surface area (Å²) in [5.41, 5.74) is 18.2. The zero-order chi connectivity index (χ0) is 40.0. The van der Waals surface area contributed by atoms with E-state index in [0.29, 0.717) is 0 Å². The molecule has 0 unspecified atom stereocenters.